The van der Waals surface area contributed by atoms with Gasteiger partial charge >= 0.3 is 0 Å². The van der Waals surface area contributed by atoms with Gasteiger partial charge < -0.3 is 10.1 Å². The van der Waals surface area contributed by atoms with Crippen LogP contribution in [0.2, 0.25) is 0 Å². The molecule has 0 bridgehead atoms. The lowest BCUT2D eigenvalue weighted by atomic mass is 9.79. The second-order valence-electron chi connectivity index (χ2n) is 7.94. The van der Waals surface area contributed by atoms with E-state index in [9.17, 15) is 9.18 Å². The van der Waals surface area contributed by atoms with E-state index in [4.69, 9.17) is 4.74 Å². The Morgan fingerprint density at radius 2 is 1.86 bits per heavy atom. The monoisotopic (exact) mass is 382 g/mol. The Labute approximate surface area is 165 Å². The number of carbonyl (C=O) groups excluding carboxylic acids is 1. The molecule has 1 aliphatic carbocycles. The third kappa shape index (κ3) is 4.20. The average molecular weight is 382 g/mol. The van der Waals surface area contributed by atoms with Crippen LogP contribution in [-0.2, 0) is 16.8 Å². The first-order valence-electron chi connectivity index (χ1n) is 10.1. The van der Waals surface area contributed by atoms with Gasteiger partial charge in [0, 0.05) is 30.6 Å². The first-order valence-corrected chi connectivity index (χ1v) is 10.1. The van der Waals surface area contributed by atoms with E-state index in [1.54, 1.807) is 0 Å². The fourth-order valence-corrected chi connectivity index (χ4v) is 4.46. The van der Waals surface area contributed by atoms with Crippen molar-refractivity contribution in [2.24, 2.45) is 0 Å². The molecule has 1 aliphatic heterocycles. The summed E-state index contributed by atoms with van der Waals surface area (Å²) in [5, 5.41) is 3.16. The Morgan fingerprint density at radius 1 is 1.11 bits per heavy atom. The van der Waals surface area contributed by atoms with Crippen molar-refractivity contribution in [2.75, 3.05) is 26.2 Å². The summed E-state index contributed by atoms with van der Waals surface area (Å²) in [7, 11) is 0. The van der Waals surface area contributed by atoms with E-state index in [-0.39, 0.29) is 17.1 Å². The molecule has 2 aromatic carbocycles. The zero-order chi connectivity index (χ0) is 19.4. The lowest BCUT2D eigenvalue weighted by molar-refractivity contribution is -0.122. The second kappa shape index (κ2) is 8.31. The Kier molecular flexibility index (Phi) is 5.62. The maximum absolute atomic E-state index is 13.3. The molecule has 5 heteroatoms. The summed E-state index contributed by atoms with van der Waals surface area (Å²) in [5.41, 5.74) is 2.17. The van der Waals surface area contributed by atoms with Crippen molar-refractivity contribution >= 4 is 5.91 Å². The molecule has 0 spiro atoms. The maximum atomic E-state index is 13.3. The number of carbonyl (C=O) groups is 1. The van der Waals surface area contributed by atoms with Crippen LogP contribution in [0.4, 0.5) is 4.39 Å². The third-order valence-electron chi connectivity index (χ3n) is 6.04. The van der Waals surface area contributed by atoms with Crippen LogP contribution in [0.1, 0.15) is 36.8 Å². The van der Waals surface area contributed by atoms with Gasteiger partial charge in [-0.25, -0.2) is 4.39 Å². The number of fused-ring (bicyclic) bond motifs is 1. The molecule has 1 fully saturated rings. The van der Waals surface area contributed by atoms with Gasteiger partial charge in [-0.15, -0.1) is 0 Å². The number of rotatable bonds is 5. The van der Waals surface area contributed by atoms with E-state index in [1.165, 1.54) is 12.1 Å². The highest BCUT2D eigenvalue weighted by Crippen LogP contribution is 2.40. The molecule has 1 amide bonds. The molecule has 1 heterocycles. The zero-order valence-corrected chi connectivity index (χ0v) is 16.1. The predicted octanol–water partition coefficient (Wildman–Crippen LogP) is 3.65. The lowest BCUT2D eigenvalue weighted by Gasteiger charge is -2.30. The van der Waals surface area contributed by atoms with Gasteiger partial charge in [0.2, 0.25) is 5.91 Å². The van der Waals surface area contributed by atoms with E-state index in [2.05, 4.69) is 10.2 Å². The number of nitrogens with one attached hydrogen (secondary N) is 1. The summed E-state index contributed by atoms with van der Waals surface area (Å²) in [5.74, 6) is 0.726. The molecular weight excluding hydrogens is 355 g/mol. The fourth-order valence-electron chi connectivity index (χ4n) is 4.46. The standard InChI is InChI=1S/C23H27FN2O2/c24-20-9-7-19(8-10-20)23(11-3-4-12-23)17-25-22(27)16-26-13-14-28-21-6-2-1-5-18(21)15-26/h1-2,5-10H,3-4,11-17H2,(H,25,27). The van der Waals surface area contributed by atoms with Crippen LogP contribution < -0.4 is 10.1 Å². The summed E-state index contributed by atoms with van der Waals surface area (Å²) in [4.78, 5) is 14.8. The Bertz CT molecular complexity index is 816. The van der Waals surface area contributed by atoms with Crippen molar-refractivity contribution < 1.29 is 13.9 Å². The molecule has 0 aromatic heterocycles. The van der Waals surface area contributed by atoms with Crippen molar-refractivity contribution in [3.05, 3.63) is 65.5 Å². The van der Waals surface area contributed by atoms with Crippen LogP contribution in [-0.4, -0.2) is 37.0 Å². The van der Waals surface area contributed by atoms with Crippen molar-refractivity contribution in [3.63, 3.8) is 0 Å². The molecule has 0 radical (unpaired) electrons. The average Bonchev–Trinajstić information content (AvgIpc) is 3.09. The Hall–Kier alpha value is -2.40. The van der Waals surface area contributed by atoms with E-state index < -0.39 is 0 Å². The highest BCUT2D eigenvalue weighted by atomic mass is 19.1. The highest BCUT2D eigenvalue weighted by Gasteiger charge is 2.36. The Balaban J connectivity index is 1.37. The molecule has 1 N–H and O–H groups in total. The molecule has 1 saturated carbocycles. The normalized spacial score (nSPS) is 18.8. The summed E-state index contributed by atoms with van der Waals surface area (Å²) in [6.45, 7) is 3.00. The summed E-state index contributed by atoms with van der Waals surface area (Å²) in [6, 6.07) is 14.8. The predicted molar refractivity (Wildman–Crippen MR) is 107 cm³/mol. The van der Waals surface area contributed by atoms with Gasteiger partial charge in [0.05, 0.1) is 6.54 Å². The van der Waals surface area contributed by atoms with Crippen molar-refractivity contribution in [1.29, 1.82) is 0 Å². The molecule has 0 unspecified atom stereocenters. The van der Waals surface area contributed by atoms with Gasteiger partial charge in [-0.05, 0) is 36.6 Å². The Morgan fingerprint density at radius 3 is 2.64 bits per heavy atom. The van der Waals surface area contributed by atoms with E-state index in [1.807, 2.05) is 36.4 Å². The smallest absolute Gasteiger partial charge is 0.234 e. The first kappa shape index (κ1) is 18.9. The molecule has 0 saturated heterocycles. The number of ether oxygens (including phenoxy) is 1. The van der Waals surface area contributed by atoms with E-state index >= 15 is 0 Å². The van der Waals surface area contributed by atoms with Gasteiger partial charge in [-0.3, -0.25) is 9.69 Å². The second-order valence-corrected chi connectivity index (χ2v) is 7.94. The molecule has 148 valence electrons. The molecule has 4 nitrogen and oxygen atoms in total. The number of nitrogens with zero attached hydrogens (tertiary/aromatic N) is 1. The van der Waals surface area contributed by atoms with E-state index in [0.29, 0.717) is 26.2 Å². The number of hydrogen-bond acceptors (Lipinski definition) is 3. The van der Waals surface area contributed by atoms with Crippen LogP contribution in [0.25, 0.3) is 0 Å². The van der Waals surface area contributed by atoms with Crippen LogP contribution in [0.3, 0.4) is 0 Å². The zero-order valence-electron chi connectivity index (χ0n) is 16.1. The number of amides is 1. The van der Waals surface area contributed by atoms with Gasteiger partial charge in [0.25, 0.3) is 0 Å². The van der Waals surface area contributed by atoms with Crippen LogP contribution in [0, 0.1) is 5.82 Å². The maximum Gasteiger partial charge on any atom is 0.234 e. The fraction of sp³-hybridized carbons (Fsp3) is 0.435. The molecule has 2 aromatic rings. The van der Waals surface area contributed by atoms with Crippen molar-refractivity contribution in [3.8, 4) is 5.75 Å². The molecule has 2 aliphatic rings. The lowest BCUT2D eigenvalue weighted by Crippen LogP contribution is -2.43. The molecule has 28 heavy (non-hydrogen) atoms. The van der Waals surface area contributed by atoms with Gasteiger partial charge in [0.1, 0.15) is 18.2 Å². The first-order chi connectivity index (χ1) is 13.6. The van der Waals surface area contributed by atoms with Gasteiger partial charge in [0.15, 0.2) is 0 Å². The van der Waals surface area contributed by atoms with Gasteiger partial charge in [-0.2, -0.15) is 0 Å². The summed E-state index contributed by atoms with van der Waals surface area (Å²) < 4.78 is 19.1. The molecular formula is C23H27FN2O2. The number of hydrogen-bond donors (Lipinski definition) is 1. The number of halogens is 1. The number of benzene rings is 2. The van der Waals surface area contributed by atoms with Crippen LogP contribution in [0.5, 0.6) is 5.75 Å². The van der Waals surface area contributed by atoms with Gasteiger partial charge in [-0.1, -0.05) is 43.2 Å². The number of para-hydroxylation sites is 1. The topological polar surface area (TPSA) is 41.6 Å². The minimum Gasteiger partial charge on any atom is -0.492 e. The minimum atomic E-state index is -0.218. The third-order valence-corrected chi connectivity index (χ3v) is 6.04. The quantitative estimate of drug-likeness (QED) is 0.858. The highest BCUT2D eigenvalue weighted by molar-refractivity contribution is 5.78. The summed E-state index contributed by atoms with van der Waals surface area (Å²) >= 11 is 0. The molecule has 0 atom stereocenters. The molecule has 4 rings (SSSR count). The SMILES string of the molecule is O=C(CN1CCOc2ccccc2C1)NCC1(c2ccc(F)cc2)CCCC1. The van der Waals surface area contributed by atoms with Crippen molar-refractivity contribution in [2.45, 2.75) is 37.6 Å². The van der Waals surface area contributed by atoms with E-state index in [0.717, 1.165) is 49.1 Å². The largest absolute Gasteiger partial charge is 0.492 e. The van der Waals surface area contributed by atoms with Crippen LogP contribution >= 0.6 is 0 Å². The van der Waals surface area contributed by atoms with Crippen molar-refractivity contribution in [1.82, 2.24) is 10.2 Å². The summed E-state index contributed by atoms with van der Waals surface area (Å²) in [6.07, 6.45) is 4.36. The van der Waals surface area contributed by atoms with Crippen LogP contribution in [0.15, 0.2) is 48.5 Å². The minimum absolute atomic E-state index is 0.0350.